The highest BCUT2D eigenvalue weighted by Crippen LogP contribution is 2.16. The second-order valence-corrected chi connectivity index (χ2v) is 16.8. The van der Waals surface area contributed by atoms with E-state index in [2.05, 4.69) is 43.5 Å². The second kappa shape index (κ2) is 46.0. The summed E-state index contributed by atoms with van der Waals surface area (Å²) >= 11 is 0. The third kappa shape index (κ3) is 42.0. The minimum atomic E-state index is -0.686. The highest BCUT2D eigenvalue weighted by atomic mass is 16.5. The summed E-state index contributed by atoms with van der Waals surface area (Å²) in [4.78, 5) is 24.4. The highest BCUT2D eigenvalue weighted by Gasteiger charge is 2.20. The lowest BCUT2D eigenvalue weighted by atomic mass is 10.0. The first-order valence-electron chi connectivity index (χ1n) is 24.6. The molecule has 0 heterocycles. The Hall–Kier alpha value is -1.66. The molecule has 0 aromatic heterocycles. The molecule has 3 N–H and O–H groups in total. The van der Waals surface area contributed by atoms with Gasteiger partial charge >= 0.3 is 5.97 Å². The standard InChI is InChI=1S/C50H95NO5/c1-3-5-7-9-11-13-15-17-18-19-21-22-26-30-34-38-42-48(53)47(46-52)51-49(54)43-39-35-31-27-24-25-29-33-37-41-45-56-50(55)44-40-36-32-28-23-20-16-14-12-10-8-6-4-2/h14,16,25,29,47-48,52-53H,3-13,15,17-24,26-28,30-46H2,1-2H3,(H,51,54)/b16-14-,29-25-. The normalized spacial score (nSPS) is 12.9. The molecule has 0 radical (unpaired) electrons. The van der Waals surface area contributed by atoms with Gasteiger partial charge in [-0.2, -0.15) is 0 Å². The first-order valence-corrected chi connectivity index (χ1v) is 24.6. The summed E-state index contributed by atoms with van der Waals surface area (Å²) in [5.74, 6) is -0.117. The number of rotatable bonds is 45. The van der Waals surface area contributed by atoms with Crippen molar-refractivity contribution in [3.8, 4) is 0 Å². The van der Waals surface area contributed by atoms with Crippen molar-refractivity contribution in [2.45, 2.75) is 270 Å². The number of hydrogen-bond donors (Lipinski definition) is 3. The predicted molar refractivity (Wildman–Crippen MR) is 241 cm³/mol. The van der Waals surface area contributed by atoms with Crippen LogP contribution in [0.15, 0.2) is 24.3 Å². The molecule has 0 rings (SSSR count). The third-order valence-electron chi connectivity index (χ3n) is 11.2. The van der Waals surface area contributed by atoms with Crippen LogP contribution in [0.1, 0.15) is 258 Å². The monoisotopic (exact) mass is 790 g/mol. The molecule has 0 aliphatic carbocycles. The van der Waals surface area contributed by atoms with E-state index in [-0.39, 0.29) is 18.5 Å². The lowest BCUT2D eigenvalue weighted by molar-refractivity contribution is -0.143. The molecule has 2 unspecified atom stereocenters. The zero-order valence-corrected chi connectivity index (χ0v) is 37.4. The van der Waals surface area contributed by atoms with Crippen molar-refractivity contribution in [3.05, 3.63) is 24.3 Å². The van der Waals surface area contributed by atoms with Gasteiger partial charge in [0.25, 0.3) is 0 Å². The maximum Gasteiger partial charge on any atom is 0.305 e. The first kappa shape index (κ1) is 54.3. The van der Waals surface area contributed by atoms with Crippen molar-refractivity contribution in [2.24, 2.45) is 0 Å². The minimum absolute atomic E-state index is 0.0458. The van der Waals surface area contributed by atoms with Crippen molar-refractivity contribution in [1.29, 1.82) is 0 Å². The van der Waals surface area contributed by atoms with Gasteiger partial charge in [-0.3, -0.25) is 9.59 Å². The van der Waals surface area contributed by atoms with Gasteiger partial charge in [-0.15, -0.1) is 0 Å². The summed E-state index contributed by atoms with van der Waals surface area (Å²) in [5.41, 5.74) is 0. The van der Waals surface area contributed by atoms with E-state index in [1.54, 1.807) is 0 Å². The van der Waals surface area contributed by atoms with Crippen molar-refractivity contribution >= 4 is 11.9 Å². The molecule has 0 bridgehead atoms. The zero-order chi connectivity index (χ0) is 40.8. The molecule has 0 aliphatic heterocycles. The number of hydrogen-bond acceptors (Lipinski definition) is 5. The van der Waals surface area contributed by atoms with Crippen LogP contribution in [0, 0.1) is 0 Å². The fourth-order valence-electron chi connectivity index (χ4n) is 7.39. The number of carbonyl (C=O) groups excluding carboxylic acids is 2. The molecule has 1 amide bonds. The van der Waals surface area contributed by atoms with Gasteiger partial charge in [-0.05, 0) is 77.0 Å². The molecule has 330 valence electrons. The van der Waals surface area contributed by atoms with Gasteiger partial charge in [0.2, 0.25) is 5.91 Å². The molecule has 56 heavy (non-hydrogen) atoms. The average molecular weight is 790 g/mol. The van der Waals surface area contributed by atoms with Gasteiger partial charge in [-0.1, -0.05) is 192 Å². The lowest BCUT2D eigenvalue weighted by Crippen LogP contribution is -2.45. The lowest BCUT2D eigenvalue weighted by Gasteiger charge is -2.22. The quantitative estimate of drug-likeness (QED) is 0.0324. The SMILES string of the molecule is CCCCCC/C=C\CCCCCCCC(=O)OCCCC/C=C\CCCCCCC(=O)NC(CO)C(O)CCCCCCCCCCCCCCCCCC. The number of ether oxygens (including phenoxy) is 1. The topological polar surface area (TPSA) is 95.9 Å². The molecule has 0 saturated heterocycles. The Morgan fingerprint density at radius 3 is 1.29 bits per heavy atom. The van der Waals surface area contributed by atoms with Crippen molar-refractivity contribution in [1.82, 2.24) is 5.32 Å². The fraction of sp³-hybridized carbons (Fsp3) is 0.880. The number of allylic oxidation sites excluding steroid dienone is 4. The average Bonchev–Trinajstić information content (AvgIpc) is 3.20. The van der Waals surface area contributed by atoms with E-state index in [1.165, 1.54) is 148 Å². The van der Waals surface area contributed by atoms with E-state index >= 15 is 0 Å². The largest absolute Gasteiger partial charge is 0.466 e. The fourth-order valence-corrected chi connectivity index (χ4v) is 7.39. The molecule has 0 saturated carbocycles. The molecule has 0 fully saturated rings. The van der Waals surface area contributed by atoms with E-state index < -0.39 is 12.1 Å². The highest BCUT2D eigenvalue weighted by molar-refractivity contribution is 5.76. The van der Waals surface area contributed by atoms with Crippen molar-refractivity contribution in [2.75, 3.05) is 13.2 Å². The molecule has 0 aromatic carbocycles. The Labute approximate surface area is 348 Å². The number of carbonyl (C=O) groups is 2. The van der Waals surface area contributed by atoms with E-state index in [0.29, 0.717) is 25.9 Å². The third-order valence-corrected chi connectivity index (χ3v) is 11.2. The van der Waals surface area contributed by atoms with Gasteiger partial charge in [0.05, 0.1) is 25.4 Å². The predicted octanol–water partition coefficient (Wildman–Crippen LogP) is 14.3. The van der Waals surface area contributed by atoms with Gasteiger partial charge < -0.3 is 20.3 Å². The smallest absolute Gasteiger partial charge is 0.305 e. The maximum atomic E-state index is 12.4. The van der Waals surface area contributed by atoms with E-state index in [0.717, 1.165) is 77.0 Å². The van der Waals surface area contributed by atoms with E-state index in [1.807, 2.05) is 0 Å². The summed E-state index contributed by atoms with van der Waals surface area (Å²) in [6.45, 7) is 4.84. The summed E-state index contributed by atoms with van der Waals surface area (Å²) in [7, 11) is 0. The molecular weight excluding hydrogens is 695 g/mol. The van der Waals surface area contributed by atoms with E-state index in [9.17, 15) is 19.8 Å². The van der Waals surface area contributed by atoms with Crippen LogP contribution >= 0.6 is 0 Å². The Morgan fingerprint density at radius 1 is 0.482 bits per heavy atom. The van der Waals surface area contributed by atoms with Gasteiger partial charge in [-0.25, -0.2) is 0 Å². The Balaban J connectivity index is 3.55. The number of esters is 1. The number of nitrogens with one attached hydrogen (secondary N) is 1. The molecule has 0 spiro atoms. The number of unbranched alkanes of at least 4 members (excludes halogenated alkanes) is 30. The molecule has 0 aliphatic rings. The molecule has 6 heteroatoms. The number of aliphatic hydroxyl groups excluding tert-OH is 2. The number of amides is 1. The van der Waals surface area contributed by atoms with E-state index in [4.69, 9.17) is 4.74 Å². The zero-order valence-electron chi connectivity index (χ0n) is 37.4. The van der Waals surface area contributed by atoms with Crippen LogP contribution < -0.4 is 5.32 Å². The minimum Gasteiger partial charge on any atom is -0.466 e. The molecule has 0 aromatic rings. The van der Waals surface area contributed by atoms with Crippen molar-refractivity contribution in [3.63, 3.8) is 0 Å². The van der Waals surface area contributed by atoms with Crippen LogP contribution in [0.3, 0.4) is 0 Å². The van der Waals surface area contributed by atoms with Crippen LogP contribution in [-0.2, 0) is 14.3 Å². The second-order valence-electron chi connectivity index (χ2n) is 16.8. The summed E-state index contributed by atoms with van der Waals surface area (Å²) in [5, 5.41) is 23.2. The summed E-state index contributed by atoms with van der Waals surface area (Å²) < 4.78 is 5.42. The summed E-state index contributed by atoms with van der Waals surface area (Å²) in [6, 6.07) is -0.566. The first-order chi connectivity index (χ1) is 27.5. The van der Waals surface area contributed by atoms with Crippen LogP contribution in [-0.4, -0.2) is 47.4 Å². The number of aliphatic hydroxyl groups is 2. The molecular formula is C50H95NO5. The molecule has 6 nitrogen and oxygen atoms in total. The van der Waals surface area contributed by atoms with Crippen molar-refractivity contribution < 1.29 is 24.5 Å². The van der Waals surface area contributed by atoms with Gasteiger partial charge in [0.1, 0.15) is 0 Å². The van der Waals surface area contributed by atoms with Crippen LogP contribution in [0.25, 0.3) is 0 Å². The Bertz CT molecular complexity index is 874. The summed E-state index contributed by atoms with van der Waals surface area (Å²) in [6.07, 6.45) is 52.8. The van der Waals surface area contributed by atoms with Crippen LogP contribution in [0.2, 0.25) is 0 Å². The van der Waals surface area contributed by atoms with Crippen LogP contribution in [0.5, 0.6) is 0 Å². The Kier molecular flexibility index (Phi) is 44.7. The maximum absolute atomic E-state index is 12.4. The Morgan fingerprint density at radius 2 is 0.839 bits per heavy atom. The van der Waals surface area contributed by atoms with Gasteiger partial charge in [0.15, 0.2) is 0 Å². The van der Waals surface area contributed by atoms with Crippen LogP contribution in [0.4, 0.5) is 0 Å². The molecule has 2 atom stereocenters. The van der Waals surface area contributed by atoms with Gasteiger partial charge in [0, 0.05) is 12.8 Å².